The van der Waals surface area contributed by atoms with Crippen molar-refractivity contribution in [1.82, 2.24) is 19.4 Å². The zero-order chi connectivity index (χ0) is 18.2. The Hall–Kier alpha value is -3.64. The lowest BCUT2D eigenvalue weighted by atomic mass is 10.1. The van der Waals surface area contributed by atoms with Gasteiger partial charge in [0, 0.05) is 40.7 Å². The number of aliphatic hydroxyl groups excluding tert-OH is 1. The summed E-state index contributed by atoms with van der Waals surface area (Å²) in [6, 6.07) is 15.9. The first-order chi connectivity index (χ1) is 13.3. The predicted molar refractivity (Wildman–Crippen MR) is 106 cm³/mol. The molecular weight excluding hydrogens is 338 g/mol. The molecule has 0 amide bonds. The molecule has 0 aliphatic carbocycles. The number of benzene rings is 2. The van der Waals surface area contributed by atoms with E-state index in [9.17, 15) is 5.11 Å². The Kier molecular flexibility index (Phi) is 3.62. The van der Waals surface area contributed by atoms with E-state index in [0.29, 0.717) is 5.82 Å². The van der Waals surface area contributed by atoms with Gasteiger partial charge in [-0.15, -0.1) is 0 Å². The van der Waals surface area contributed by atoms with Crippen LogP contribution in [0.3, 0.4) is 0 Å². The van der Waals surface area contributed by atoms with Crippen LogP contribution < -0.4 is 5.32 Å². The van der Waals surface area contributed by atoms with E-state index in [-0.39, 0.29) is 6.61 Å². The van der Waals surface area contributed by atoms with Crippen LogP contribution in [0.4, 0.5) is 11.5 Å². The fourth-order valence-electron chi connectivity index (χ4n) is 3.38. The maximum Gasteiger partial charge on any atom is 0.180 e. The molecule has 3 aromatic heterocycles. The summed E-state index contributed by atoms with van der Waals surface area (Å²) >= 11 is 0. The number of aromatic nitrogens is 4. The minimum absolute atomic E-state index is 0.0176. The molecule has 0 radical (unpaired) electrons. The summed E-state index contributed by atoms with van der Waals surface area (Å²) in [6.45, 7) is -0.0176. The minimum Gasteiger partial charge on any atom is -0.392 e. The topological polar surface area (TPSA) is 78.2 Å². The van der Waals surface area contributed by atoms with Crippen LogP contribution in [0, 0.1) is 0 Å². The summed E-state index contributed by atoms with van der Waals surface area (Å²) < 4.78 is 1.98. The van der Waals surface area contributed by atoms with Crippen LogP contribution in [0.5, 0.6) is 0 Å². The second-order valence-electron chi connectivity index (χ2n) is 6.33. The molecule has 0 saturated carbocycles. The van der Waals surface area contributed by atoms with Crippen molar-refractivity contribution in [3.05, 3.63) is 78.9 Å². The lowest BCUT2D eigenvalue weighted by Gasteiger charge is -2.09. The van der Waals surface area contributed by atoms with E-state index in [1.165, 1.54) is 0 Å². The molecule has 0 spiro atoms. The van der Waals surface area contributed by atoms with E-state index in [0.717, 1.165) is 39.1 Å². The van der Waals surface area contributed by atoms with Gasteiger partial charge in [-0.25, -0.2) is 9.97 Å². The summed E-state index contributed by atoms with van der Waals surface area (Å²) in [6.07, 6.45) is 7.36. The zero-order valence-corrected chi connectivity index (χ0v) is 14.4. The molecule has 0 fully saturated rings. The first-order valence-electron chi connectivity index (χ1n) is 8.69. The standard InChI is InChI=1S/C21H17N5O/c27-13-15-3-1-2-4-17(15)19-12-24-21-20(23-9-10-26(19)21)25-16-5-6-18-14(11-16)7-8-22-18/h1-12,22,27H,13H2,(H,23,25). The van der Waals surface area contributed by atoms with E-state index in [1.54, 1.807) is 6.20 Å². The Labute approximate surface area is 155 Å². The van der Waals surface area contributed by atoms with Crippen molar-refractivity contribution < 1.29 is 5.11 Å². The highest BCUT2D eigenvalue weighted by Crippen LogP contribution is 2.28. The molecule has 0 aliphatic rings. The zero-order valence-electron chi connectivity index (χ0n) is 14.4. The highest BCUT2D eigenvalue weighted by molar-refractivity contribution is 5.85. The van der Waals surface area contributed by atoms with Gasteiger partial charge in [-0.1, -0.05) is 24.3 Å². The molecule has 132 valence electrons. The number of H-pyrrole nitrogens is 1. The number of nitrogens with zero attached hydrogens (tertiary/aromatic N) is 3. The number of aliphatic hydroxyl groups is 1. The normalized spacial score (nSPS) is 11.3. The molecule has 5 rings (SSSR count). The average Bonchev–Trinajstić information content (AvgIpc) is 3.35. The predicted octanol–water partition coefficient (Wildman–Crippen LogP) is 4.11. The van der Waals surface area contributed by atoms with E-state index >= 15 is 0 Å². The van der Waals surface area contributed by atoms with Gasteiger partial charge in [0.15, 0.2) is 11.5 Å². The van der Waals surface area contributed by atoms with Gasteiger partial charge in [-0.05, 0) is 29.8 Å². The fourth-order valence-corrected chi connectivity index (χ4v) is 3.38. The first kappa shape index (κ1) is 15.6. The third kappa shape index (κ3) is 2.63. The van der Waals surface area contributed by atoms with Crippen LogP contribution in [0.15, 0.2) is 73.3 Å². The molecule has 3 N–H and O–H groups in total. The third-order valence-electron chi connectivity index (χ3n) is 4.71. The van der Waals surface area contributed by atoms with Crippen LogP contribution in [-0.4, -0.2) is 24.5 Å². The Morgan fingerprint density at radius 2 is 2.00 bits per heavy atom. The molecule has 3 heterocycles. The number of aromatic amines is 1. The summed E-state index contributed by atoms with van der Waals surface area (Å²) in [5.41, 5.74) is 5.51. The monoisotopic (exact) mass is 355 g/mol. The van der Waals surface area contributed by atoms with E-state index in [4.69, 9.17) is 0 Å². The van der Waals surface area contributed by atoms with E-state index in [1.807, 2.05) is 65.5 Å². The maximum absolute atomic E-state index is 9.65. The summed E-state index contributed by atoms with van der Waals surface area (Å²) in [5, 5.41) is 14.1. The van der Waals surface area contributed by atoms with Gasteiger partial charge < -0.3 is 15.4 Å². The van der Waals surface area contributed by atoms with Crippen molar-refractivity contribution in [2.45, 2.75) is 6.61 Å². The van der Waals surface area contributed by atoms with Crippen molar-refractivity contribution in [2.75, 3.05) is 5.32 Å². The van der Waals surface area contributed by atoms with Crippen LogP contribution in [0.1, 0.15) is 5.56 Å². The highest BCUT2D eigenvalue weighted by Gasteiger charge is 2.13. The number of nitrogens with one attached hydrogen (secondary N) is 2. The molecule has 2 aromatic carbocycles. The number of imidazole rings is 1. The van der Waals surface area contributed by atoms with Gasteiger partial charge in [0.25, 0.3) is 0 Å². The molecule has 0 saturated heterocycles. The molecule has 0 atom stereocenters. The van der Waals surface area contributed by atoms with Gasteiger partial charge in [0.05, 0.1) is 18.5 Å². The Morgan fingerprint density at radius 3 is 2.93 bits per heavy atom. The largest absolute Gasteiger partial charge is 0.392 e. The second-order valence-corrected chi connectivity index (χ2v) is 6.33. The number of rotatable bonds is 4. The Morgan fingerprint density at radius 1 is 1.07 bits per heavy atom. The summed E-state index contributed by atoms with van der Waals surface area (Å²) in [4.78, 5) is 12.2. The number of hydrogen-bond donors (Lipinski definition) is 3. The quantitative estimate of drug-likeness (QED) is 0.453. The van der Waals surface area contributed by atoms with Gasteiger partial charge in [-0.3, -0.25) is 4.40 Å². The van der Waals surface area contributed by atoms with Crippen molar-refractivity contribution in [3.63, 3.8) is 0 Å². The SMILES string of the molecule is OCc1ccccc1-c1cnc2c(Nc3ccc4[nH]ccc4c3)nccn12. The first-order valence-corrected chi connectivity index (χ1v) is 8.69. The Balaban J connectivity index is 1.59. The van der Waals surface area contributed by atoms with E-state index in [2.05, 4.69) is 26.3 Å². The van der Waals surface area contributed by atoms with Crippen LogP contribution in [-0.2, 0) is 6.61 Å². The lowest BCUT2D eigenvalue weighted by Crippen LogP contribution is -1.99. The summed E-state index contributed by atoms with van der Waals surface area (Å²) in [5.74, 6) is 0.681. The molecule has 27 heavy (non-hydrogen) atoms. The molecule has 6 heteroatoms. The van der Waals surface area contributed by atoms with Gasteiger partial charge in [0.2, 0.25) is 0 Å². The van der Waals surface area contributed by atoms with E-state index < -0.39 is 0 Å². The molecule has 5 aromatic rings. The number of hydrogen-bond acceptors (Lipinski definition) is 4. The highest BCUT2D eigenvalue weighted by atomic mass is 16.3. The van der Waals surface area contributed by atoms with Crippen molar-refractivity contribution in [1.29, 1.82) is 0 Å². The van der Waals surface area contributed by atoms with Gasteiger partial charge >= 0.3 is 0 Å². The molecule has 0 bridgehead atoms. The lowest BCUT2D eigenvalue weighted by molar-refractivity contribution is 0.282. The minimum atomic E-state index is -0.0176. The molecular formula is C21H17N5O. The van der Waals surface area contributed by atoms with Crippen molar-refractivity contribution in [2.24, 2.45) is 0 Å². The van der Waals surface area contributed by atoms with Crippen molar-refractivity contribution >= 4 is 28.1 Å². The smallest absolute Gasteiger partial charge is 0.180 e. The van der Waals surface area contributed by atoms with Gasteiger partial charge in [-0.2, -0.15) is 0 Å². The maximum atomic E-state index is 9.65. The molecule has 0 unspecified atom stereocenters. The van der Waals surface area contributed by atoms with Gasteiger partial charge in [0.1, 0.15) is 0 Å². The Bertz CT molecular complexity index is 1250. The van der Waals surface area contributed by atoms with Crippen molar-refractivity contribution in [3.8, 4) is 11.3 Å². The molecule has 6 nitrogen and oxygen atoms in total. The third-order valence-corrected chi connectivity index (χ3v) is 4.71. The summed E-state index contributed by atoms with van der Waals surface area (Å²) in [7, 11) is 0. The number of fused-ring (bicyclic) bond motifs is 2. The van der Waals surface area contributed by atoms with Crippen LogP contribution >= 0.6 is 0 Å². The van der Waals surface area contributed by atoms with Crippen LogP contribution in [0.2, 0.25) is 0 Å². The molecule has 0 aliphatic heterocycles. The number of anilines is 2. The average molecular weight is 355 g/mol. The van der Waals surface area contributed by atoms with Crippen LogP contribution in [0.25, 0.3) is 27.8 Å². The second kappa shape index (κ2) is 6.26. The fraction of sp³-hybridized carbons (Fsp3) is 0.0476.